The number of hydrogen-bond acceptors (Lipinski definition) is 3. The van der Waals surface area contributed by atoms with Crippen LogP contribution < -0.4 is 10.1 Å². The van der Waals surface area contributed by atoms with Gasteiger partial charge in [0.25, 0.3) is 0 Å². The van der Waals surface area contributed by atoms with Crippen LogP contribution >= 0.6 is 0 Å². The lowest BCUT2D eigenvalue weighted by atomic mass is 9.87. The van der Waals surface area contributed by atoms with E-state index in [9.17, 15) is 18.4 Å². The fourth-order valence-corrected chi connectivity index (χ4v) is 3.41. The molecule has 0 spiro atoms. The monoisotopic (exact) mass is 374 g/mol. The van der Waals surface area contributed by atoms with Gasteiger partial charge in [0.05, 0.1) is 12.8 Å². The molecule has 5 nitrogen and oxygen atoms in total. The van der Waals surface area contributed by atoms with Crippen LogP contribution in [0.4, 0.5) is 14.5 Å². The number of halogens is 2. The molecule has 1 aliphatic rings. The number of anilines is 1. The molecule has 142 valence electrons. The first-order chi connectivity index (χ1) is 12.8. The highest BCUT2D eigenvalue weighted by molar-refractivity contribution is 6.08. The van der Waals surface area contributed by atoms with Gasteiger partial charge in [-0.05, 0) is 42.3 Å². The Morgan fingerprint density at radius 3 is 2.70 bits per heavy atom. The largest absolute Gasteiger partial charge is 0.497 e. The number of aryl methyl sites for hydroxylation is 1. The molecule has 0 bridgehead atoms. The van der Waals surface area contributed by atoms with Gasteiger partial charge in [-0.2, -0.15) is 0 Å². The number of nitrogens with zero attached hydrogens (tertiary/aromatic N) is 1. The first-order valence-electron chi connectivity index (χ1n) is 8.47. The number of methoxy groups -OCH3 is 1. The Bertz CT molecular complexity index is 901. The van der Waals surface area contributed by atoms with Gasteiger partial charge >= 0.3 is 0 Å². The summed E-state index contributed by atoms with van der Waals surface area (Å²) >= 11 is 0. The molecule has 1 heterocycles. The van der Waals surface area contributed by atoms with Crippen LogP contribution in [0.3, 0.4) is 0 Å². The standard InChI is InChI=1S/C20H20F2N2O3/c1-11-7-12(9-13(8-11)27-3)14-10-24(2)20(26)17(14)19(25)23-16-6-4-5-15(21)18(16)22/h4-9,14,17H,10H2,1-3H3,(H,23,25)/t14-,17+/m0/s1. The van der Waals surface area contributed by atoms with E-state index in [4.69, 9.17) is 4.74 Å². The van der Waals surface area contributed by atoms with Crippen molar-refractivity contribution in [1.29, 1.82) is 0 Å². The van der Waals surface area contributed by atoms with Crippen LogP contribution in [0.15, 0.2) is 36.4 Å². The molecule has 1 N–H and O–H groups in total. The van der Waals surface area contributed by atoms with Crippen LogP contribution in [0.2, 0.25) is 0 Å². The number of likely N-dealkylation sites (N-methyl/N-ethyl adjacent to an activating group) is 1. The first-order valence-corrected chi connectivity index (χ1v) is 8.47. The third-order valence-corrected chi connectivity index (χ3v) is 4.74. The summed E-state index contributed by atoms with van der Waals surface area (Å²) in [5, 5.41) is 2.35. The molecule has 0 aromatic heterocycles. The summed E-state index contributed by atoms with van der Waals surface area (Å²) in [6.45, 7) is 2.23. The van der Waals surface area contributed by atoms with Crippen LogP contribution in [0, 0.1) is 24.5 Å². The number of hydrogen-bond donors (Lipinski definition) is 1. The van der Waals surface area contributed by atoms with Crippen LogP contribution in [-0.2, 0) is 9.59 Å². The van der Waals surface area contributed by atoms with Crippen molar-refractivity contribution in [3.05, 3.63) is 59.2 Å². The number of amides is 2. The van der Waals surface area contributed by atoms with Crippen molar-refractivity contribution in [3.8, 4) is 5.75 Å². The zero-order valence-corrected chi connectivity index (χ0v) is 15.3. The molecule has 1 saturated heterocycles. The van der Waals surface area contributed by atoms with Crippen molar-refractivity contribution in [1.82, 2.24) is 4.90 Å². The normalized spacial score (nSPS) is 19.3. The van der Waals surface area contributed by atoms with Crippen molar-refractivity contribution >= 4 is 17.5 Å². The van der Waals surface area contributed by atoms with E-state index in [0.717, 1.165) is 17.2 Å². The minimum Gasteiger partial charge on any atom is -0.497 e. The van der Waals surface area contributed by atoms with E-state index < -0.39 is 29.4 Å². The lowest BCUT2D eigenvalue weighted by molar-refractivity contribution is -0.135. The number of rotatable bonds is 4. The second kappa shape index (κ2) is 7.34. The Kier molecular flexibility index (Phi) is 5.12. The molecule has 0 aliphatic carbocycles. The highest BCUT2D eigenvalue weighted by atomic mass is 19.2. The average Bonchev–Trinajstić information content (AvgIpc) is 2.93. The van der Waals surface area contributed by atoms with Crippen LogP contribution in [0.1, 0.15) is 17.0 Å². The Morgan fingerprint density at radius 1 is 1.26 bits per heavy atom. The van der Waals surface area contributed by atoms with Crippen LogP contribution in [0.5, 0.6) is 5.75 Å². The zero-order chi connectivity index (χ0) is 19.7. The fourth-order valence-electron chi connectivity index (χ4n) is 3.41. The molecule has 0 radical (unpaired) electrons. The van der Waals surface area contributed by atoms with E-state index in [-0.39, 0.29) is 11.6 Å². The molecule has 2 atom stereocenters. The van der Waals surface area contributed by atoms with Gasteiger partial charge in [-0.1, -0.05) is 12.1 Å². The smallest absolute Gasteiger partial charge is 0.237 e. The quantitative estimate of drug-likeness (QED) is 0.837. The molecule has 2 amide bonds. The van der Waals surface area contributed by atoms with E-state index in [0.29, 0.717) is 12.3 Å². The van der Waals surface area contributed by atoms with Gasteiger partial charge in [0.15, 0.2) is 11.6 Å². The second-order valence-corrected chi connectivity index (χ2v) is 6.68. The number of benzene rings is 2. The average molecular weight is 374 g/mol. The van der Waals surface area contributed by atoms with Gasteiger partial charge in [-0.15, -0.1) is 0 Å². The van der Waals surface area contributed by atoms with Gasteiger partial charge < -0.3 is 15.0 Å². The van der Waals surface area contributed by atoms with Crippen LogP contribution in [0.25, 0.3) is 0 Å². The first kappa shape index (κ1) is 18.8. The zero-order valence-electron chi connectivity index (χ0n) is 15.3. The van der Waals surface area contributed by atoms with E-state index in [1.165, 1.54) is 17.0 Å². The summed E-state index contributed by atoms with van der Waals surface area (Å²) in [6.07, 6.45) is 0. The van der Waals surface area contributed by atoms with Crippen molar-refractivity contribution < 1.29 is 23.1 Å². The lowest BCUT2D eigenvalue weighted by Gasteiger charge is -2.18. The lowest BCUT2D eigenvalue weighted by Crippen LogP contribution is -2.33. The molecule has 3 rings (SSSR count). The minimum atomic E-state index is -1.15. The Hall–Kier alpha value is -2.96. The summed E-state index contributed by atoms with van der Waals surface area (Å²) in [5.41, 5.74) is 1.43. The molecule has 2 aromatic carbocycles. The fraction of sp³-hybridized carbons (Fsp3) is 0.300. The molecule has 27 heavy (non-hydrogen) atoms. The van der Waals surface area contributed by atoms with Crippen molar-refractivity contribution in [2.75, 3.05) is 26.0 Å². The third-order valence-electron chi connectivity index (χ3n) is 4.74. The molecule has 2 aromatic rings. The summed E-state index contributed by atoms with van der Waals surface area (Å²) in [5.74, 6) is -4.09. The summed E-state index contributed by atoms with van der Waals surface area (Å²) in [6, 6.07) is 9.03. The van der Waals surface area contributed by atoms with E-state index in [1.807, 2.05) is 19.1 Å². The van der Waals surface area contributed by atoms with E-state index in [1.54, 1.807) is 20.2 Å². The summed E-state index contributed by atoms with van der Waals surface area (Å²) in [4.78, 5) is 26.8. The topological polar surface area (TPSA) is 58.6 Å². The Balaban J connectivity index is 1.93. The van der Waals surface area contributed by atoms with Gasteiger partial charge in [-0.25, -0.2) is 8.78 Å². The van der Waals surface area contributed by atoms with E-state index in [2.05, 4.69) is 5.32 Å². The van der Waals surface area contributed by atoms with Crippen molar-refractivity contribution in [2.45, 2.75) is 12.8 Å². The maximum atomic E-state index is 13.9. The maximum absolute atomic E-state index is 13.9. The van der Waals surface area contributed by atoms with Crippen molar-refractivity contribution in [2.24, 2.45) is 5.92 Å². The Morgan fingerprint density at radius 2 is 2.00 bits per heavy atom. The van der Waals surface area contributed by atoms with Crippen molar-refractivity contribution in [3.63, 3.8) is 0 Å². The van der Waals surface area contributed by atoms with E-state index >= 15 is 0 Å². The highest BCUT2D eigenvalue weighted by Gasteiger charge is 2.44. The number of ether oxygens (including phenoxy) is 1. The molecular weight excluding hydrogens is 354 g/mol. The van der Waals surface area contributed by atoms with Gasteiger partial charge in [0.1, 0.15) is 11.7 Å². The maximum Gasteiger partial charge on any atom is 0.237 e. The molecule has 0 unspecified atom stereocenters. The predicted molar refractivity (Wildman–Crippen MR) is 96.6 cm³/mol. The molecule has 1 aliphatic heterocycles. The van der Waals surface area contributed by atoms with Crippen LogP contribution in [-0.4, -0.2) is 37.4 Å². The third kappa shape index (κ3) is 3.63. The predicted octanol–water partition coefficient (Wildman–Crippen LogP) is 3.09. The highest BCUT2D eigenvalue weighted by Crippen LogP contribution is 2.36. The number of carbonyl (C=O) groups excluding carboxylic acids is 2. The molecule has 0 saturated carbocycles. The number of nitrogens with one attached hydrogen (secondary N) is 1. The molecule has 1 fully saturated rings. The van der Waals surface area contributed by atoms with Gasteiger partial charge in [-0.3, -0.25) is 9.59 Å². The minimum absolute atomic E-state index is 0.289. The Labute approximate surface area is 155 Å². The van der Waals surface area contributed by atoms with Gasteiger partial charge in [0.2, 0.25) is 11.8 Å². The summed E-state index contributed by atoms with van der Waals surface area (Å²) in [7, 11) is 3.15. The molecular formula is C20H20F2N2O3. The molecule has 7 heteroatoms. The number of likely N-dealkylation sites (tertiary alicyclic amines) is 1. The second-order valence-electron chi connectivity index (χ2n) is 6.68. The summed E-state index contributed by atoms with van der Waals surface area (Å²) < 4.78 is 32.6. The van der Waals surface area contributed by atoms with Gasteiger partial charge in [0, 0.05) is 19.5 Å². The SMILES string of the molecule is COc1cc(C)cc([C@@H]2CN(C)C(=O)[C@H]2C(=O)Nc2cccc(F)c2F)c1. The number of carbonyl (C=O) groups is 2.